The molecule has 154 valence electrons. The summed E-state index contributed by atoms with van der Waals surface area (Å²) in [5, 5.41) is 0. The van der Waals surface area contributed by atoms with Crippen LogP contribution in [0.4, 0.5) is 0 Å². The van der Waals surface area contributed by atoms with Crippen LogP contribution in [0.3, 0.4) is 0 Å². The van der Waals surface area contributed by atoms with Gasteiger partial charge in [-0.15, -0.1) is 0 Å². The number of hydrogen-bond donors (Lipinski definition) is 0. The van der Waals surface area contributed by atoms with E-state index in [9.17, 15) is 13.2 Å². The normalized spacial score (nSPS) is 25.5. The first kappa shape index (κ1) is 19.9. The molecule has 3 heterocycles. The van der Waals surface area contributed by atoms with Gasteiger partial charge in [0.25, 0.3) is 10.2 Å². The molecule has 1 unspecified atom stereocenters. The molecular formula is C21H31N3O3S. The van der Waals surface area contributed by atoms with Gasteiger partial charge in [0, 0.05) is 45.2 Å². The minimum atomic E-state index is -3.39. The molecule has 6 nitrogen and oxygen atoms in total. The van der Waals surface area contributed by atoms with Gasteiger partial charge in [0.15, 0.2) is 0 Å². The highest BCUT2D eigenvalue weighted by atomic mass is 32.2. The Hall–Kier alpha value is -1.44. The number of fused-ring (bicyclic) bond motifs is 1. The molecule has 1 atom stereocenters. The van der Waals surface area contributed by atoms with E-state index in [4.69, 9.17) is 0 Å². The lowest BCUT2D eigenvalue weighted by atomic mass is 9.94. The molecule has 1 aromatic rings. The molecule has 0 spiro atoms. The highest BCUT2D eigenvalue weighted by Crippen LogP contribution is 2.28. The number of carbonyl (C=O) groups is 1. The Balaban J connectivity index is 1.34. The summed E-state index contributed by atoms with van der Waals surface area (Å²) in [6.45, 7) is 5.71. The zero-order valence-electron chi connectivity index (χ0n) is 16.7. The molecule has 0 aliphatic carbocycles. The molecule has 0 saturated carbocycles. The van der Waals surface area contributed by atoms with Crippen molar-refractivity contribution in [1.29, 1.82) is 0 Å². The Bertz CT molecular complexity index is 818. The van der Waals surface area contributed by atoms with Crippen LogP contribution in [-0.4, -0.2) is 60.6 Å². The molecule has 28 heavy (non-hydrogen) atoms. The first-order valence-corrected chi connectivity index (χ1v) is 12.0. The third kappa shape index (κ3) is 3.98. The van der Waals surface area contributed by atoms with E-state index in [2.05, 4.69) is 25.1 Å². The molecule has 1 amide bonds. The first-order valence-electron chi connectivity index (χ1n) is 10.6. The van der Waals surface area contributed by atoms with Crippen LogP contribution in [0.25, 0.3) is 0 Å². The average Bonchev–Trinajstić information content (AvgIpc) is 2.73. The highest BCUT2D eigenvalue weighted by molar-refractivity contribution is 7.86. The van der Waals surface area contributed by atoms with Gasteiger partial charge in [-0.3, -0.25) is 4.79 Å². The molecule has 0 bridgehead atoms. The van der Waals surface area contributed by atoms with E-state index in [0.717, 1.165) is 25.8 Å². The van der Waals surface area contributed by atoms with Gasteiger partial charge in [-0.1, -0.05) is 31.2 Å². The summed E-state index contributed by atoms with van der Waals surface area (Å²) in [7, 11) is -3.39. The number of rotatable bonds is 3. The van der Waals surface area contributed by atoms with Crippen LogP contribution in [0, 0.1) is 11.8 Å². The Morgan fingerprint density at radius 3 is 2.39 bits per heavy atom. The molecule has 0 radical (unpaired) electrons. The van der Waals surface area contributed by atoms with Crippen LogP contribution in [0.15, 0.2) is 24.3 Å². The molecule has 4 rings (SSSR count). The molecule has 1 aromatic carbocycles. The van der Waals surface area contributed by atoms with Crippen molar-refractivity contribution in [1.82, 2.24) is 13.5 Å². The van der Waals surface area contributed by atoms with Crippen LogP contribution < -0.4 is 0 Å². The second kappa shape index (κ2) is 8.13. The number of nitrogens with zero attached hydrogens (tertiary/aromatic N) is 3. The zero-order valence-corrected chi connectivity index (χ0v) is 17.5. The summed E-state index contributed by atoms with van der Waals surface area (Å²) in [5.74, 6) is 0.555. The van der Waals surface area contributed by atoms with Gasteiger partial charge in [-0.05, 0) is 49.1 Å². The Labute approximate surface area is 168 Å². The van der Waals surface area contributed by atoms with E-state index in [1.54, 1.807) is 8.61 Å². The fourth-order valence-electron chi connectivity index (χ4n) is 4.79. The van der Waals surface area contributed by atoms with Gasteiger partial charge in [0.2, 0.25) is 5.91 Å². The Morgan fingerprint density at radius 2 is 1.68 bits per heavy atom. The zero-order chi connectivity index (χ0) is 19.7. The SMILES string of the molecule is CC1CCCN(S(=O)(=O)N2CCC(C(=O)N3CCc4ccccc4C3)CC2)C1. The highest BCUT2D eigenvalue weighted by Gasteiger charge is 2.37. The number of carbonyl (C=O) groups excluding carboxylic acids is 1. The standard InChI is InChI=1S/C21H31N3O3S/c1-17-5-4-11-24(15-17)28(26,27)23-13-9-19(10-14-23)21(25)22-12-8-18-6-2-3-7-20(18)16-22/h2-3,6-7,17,19H,4-5,8-16H2,1H3. The van der Waals surface area contributed by atoms with E-state index < -0.39 is 10.2 Å². The minimum absolute atomic E-state index is 0.0583. The smallest absolute Gasteiger partial charge is 0.281 e. The van der Waals surface area contributed by atoms with Crippen LogP contribution >= 0.6 is 0 Å². The maximum atomic E-state index is 13.0. The second-order valence-electron chi connectivity index (χ2n) is 8.57. The molecule has 7 heteroatoms. The minimum Gasteiger partial charge on any atom is -0.338 e. The maximum absolute atomic E-state index is 13.0. The quantitative estimate of drug-likeness (QED) is 0.775. The van der Waals surface area contributed by atoms with E-state index >= 15 is 0 Å². The molecule has 0 aromatic heterocycles. The van der Waals surface area contributed by atoms with E-state index in [0.29, 0.717) is 51.5 Å². The predicted molar refractivity (Wildman–Crippen MR) is 109 cm³/mol. The van der Waals surface area contributed by atoms with Gasteiger partial charge in [-0.2, -0.15) is 17.0 Å². The Morgan fingerprint density at radius 1 is 0.964 bits per heavy atom. The van der Waals surface area contributed by atoms with Gasteiger partial charge in [0.1, 0.15) is 0 Å². The second-order valence-corrected chi connectivity index (χ2v) is 10.5. The average molecular weight is 406 g/mol. The lowest BCUT2D eigenvalue weighted by Gasteiger charge is -2.38. The van der Waals surface area contributed by atoms with Crippen LogP contribution in [-0.2, 0) is 28.0 Å². The van der Waals surface area contributed by atoms with Crippen molar-refractivity contribution in [2.75, 3.05) is 32.7 Å². The summed E-state index contributed by atoms with van der Waals surface area (Å²) in [4.78, 5) is 15.0. The largest absolute Gasteiger partial charge is 0.338 e. The van der Waals surface area contributed by atoms with Crippen molar-refractivity contribution in [2.45, 2.75) is 45.6 Å². The Kier molecular flexibility index (Phi) is 5.76. The fourth-order valence-corrected chi connectivity index (χ4v) is 6.60. The number of benzene rings is 1. The summed E-state index contributed by atoms with van der Waals surface area (Å²) < 4.78 is 29.2. The van der Waals surface area contributed by atoms with Crippen molar-refractivity contribution in [3.05, 3.63) is 35.4 Å². The van der Waals surface area contributed by atoms with Crippen molar-refractivity contribution >= 4 is 16.1 Å². The van der Waals surface area contributed by atoms with E-state index in [1.165, 1.54) is 11.1 Å². The topological polar surface area (TPSA) is 60.9 Å². The maximum Gasteiger partial charge on any atom is 0.281 e. The van der Waals surface area contributed by atoms with Crippen molar-refractivity contribution in [3.63, 3.8) is 0 Å². The molecule has 2 saturated heterocycles. The molecule has 2 fully saturated rings. The lowest BCUT2D eigenvalue weighted by molar-refractivity contribution is -0.137. The van der Waals surface area contributed by atoms with Gasteiger partial charge in [0.05, 0.1) is 0 Å². The number of amides is 1. The van der Waals surface area contributed by atoms with Gasteiger partial charge < -0.3 is 4.90 Å². The molecule has 0 N–H and O–H groups in total. The summed E-state index contributed by atoms with van der Waals surface area (Å²) in [6, 6.07) is 8.32. The predicted octanol–water partition coefficient (Wildman–Crippen LogP) is 2.26. The van der Waals surface area contributed by atoms with Crippen molar-refractivity contribution < 1.29 is 13.2 Å². The van der Waals surface area contributed by atoms with Crippen molar-refractivity contribution in [3.8, 4) is 0 Å². The lowest BCUT2D eigenvalue weighted by Crippen LogP contribution is -2.51. The van der Waals surface area contributed by atoms with Gasteiger partial charge in [-0.25, -0.2) is 0 Å². The van der Waals surface area contributed by atoms with E-state index in [1.807, 2.05) is 11.0 Å². The van der Waals surface area contributed by atoms with Crippen LogP contribution in [0.2, 0.25) is 0 Å². The van der Waals surface area contributed by atoms with E-state index in [-0.39, 0.29) is 11.8 Å². The summed E-state index contributed by atoms with van der Waals surface area (Å²) >= 11 is 0. The molecule has 3 aliphatic rings. The molecular weight excluding hydrogens is 374 g/mol. The van der Waals surface area contributed by atoms with Gasteiger partial charge >= 0.3 is 0 Å². The third-order valence-corrected chi connectivity index (χ3v) is 8.52. The van der Waals surface area contributed by atoms with Crippen molar-refractivity contribution in [2.24, 2.45) is 11.8 Å². The number of hydrogen-bond acceptors (Lipinski definition) is 3. The van der Waals surface area contributed by atoms with Crippen LogP contribution in [0.1, 0.15) is 43.7 Å². The fraction of sp³-hybridized carbons (Fsp3) is 0.667. The summed E-state index contributed by atoms with van der Waals surface area (Å²) in [6.07, 6.45) is 4.19. The van der Waals surface area contributed by atoms with Crippen LogP contribution in [0.5, 0.6) is 0 Å². The monoisotopic (exact) mass is 405 g/mol. The number of piperidine rings is 2. The first-order chi connectivity index (χ1) is 13.4. The summed E-state index contributed by atoms with van der Waals surface area (Å²) in [5.41, 5.74) is 2.57. The molecule has 3 aliphatic heterocycles. The third-order valence-electron chi connectivity index (χ3n) is 6.52.